The Kier molecular flexibility index (Phi) is 4.35. The molecule has 1 aliphatic rings. The Morgan fingerprint density at radius 3 is 2.67 bits per heavy atom. The molecule has 0 amide bonds. The summed E-state index contributed by atoms with van der Waals surface area (Å²) < 4.78 is 2.13. The molecule has 0 aromatic carbocycles. The van der Waals surface area contributed by atoms with Crippen LogP contribution in [0.5, 0.6) is 0 Å². The molecule has 1 saturated heterocycles. The first-order chi connectivity index (χ1) is 8.60. The smallest absolute Gasteiger partial charge is 0.0945 e. The first-order valence-corrected chi connectivity index (χ1v) is 6.99. The summed E-state index contributed by atoms with van der Waals surface area (Å²) >= 11 is 5.16. The Bertz CT molecular complexity index is 380. The number of likely N-dealkylation sites (tertiary alicyclic amines) is 1. The number of thiocarbonyl (C=S) groups is 1. The van der Waals surface area contributed by atoms with Gasteiger partial charge in [-0.1, -0.05) is 19.1 Å². The van der Waals surface area contributed by atoms with Crippen LogP contribution in [0.4, 0.5) is 0 Å². The zero-order chi connectivity index (χ0) is 13.0. The molecule has 2 rings (SSSR count). The van der Waals surface area contributed by atoms with E-state index < -0.39 is 0 Å². The number of aromatic nitrogens is 2. The van der Waals surface area contributed by atoms with Crippen molar-refractivity contribution in [2.75, 3.05) is 19.6 Å². The fourth-order valence-electron chi connectivity index (χ4n) is 2.41. The molecule has 1 fully saturated rings. The van der Waals surface area contributed by atoms with Crippen LogP contribution in [0.1, 0.15) is 26.2 Å². The molecule has 5 heteroatoms. The lowest BCUT2D eigenvalue weighted by atomic mass is 9.80. The lowest BCUT2D eigenvalue weighted by Gasteiger charge is -2.38. The van der Waals surface area contributed by atoms with Crippen LogP contribution < -0.4 is 5.73 Å². The van der Waals surface area contributed by atoms with Crippen molar-refractivity contribution >= 4 is 17.2 Å². The quantitative estimate of drug-likeness (QED) is 0.824. The molecular formula is C13H22N4S. The zero-order valence-corrected chi connectivity index (χ0v) is 11.8. The lowest BCUT2D eigenvalue weighted by molar-refractivity contribution is 0.161. The van der Waals surface area contributed by atoms with Crippen LogP contribution in [0.3, 0.4) is 0 Å². The van der Waals surface area contributed by atoms with Crippen molar-refractivity contribution in [2.24, 2.45) is 11.1 Å². The molecule has 100 valence electrons. The summed E-state index contributed by atoms with van der Waals surface area (Å²) in [5.41, 5.74) is 5.89. The van der Waals surface area contributed by atoms with Gasteiger partial charge < -0.3 is 15.2 Å². The highest BCUT2D eigenvalue weighted by atomic mass is 32.1. The number of imidazole rings is 1. The van der Waals surface area contributed by atoms with Crippen LogP contribution in [0.25, 0.3) is 0 Å². The summed E-state index contributed by atoms with van der Waals surface area (Å²) in [6.45, 7) is 6.60. The third-order valence-electron chi connectivity index (χ3n) is 4.00. The molecule has 0 unspecified atom stereocenters. The standard InChI is InChI=1S/C13H22N4S/c1-13(12(14)18)3-8-16(9-4-13)6-2-7-17-10-5-15-11-17/h5,10-11H,2-4,6-9H2,1H3,(H2,14,18). The van der Waals surface area contributed by atoms with E-state index >= 15 is 0 Å². The first kappa shape index (κ1) is 13.5. The van der Waals surface area contributed by atoms with Crippen molar-refractivity contribution < 1.29 is 0 Å². The number of nitrogens with two attached hydrogens (primary N) is 1. The molecule has 2 heterocycles. The van der Waals surface area contributed by atoms with E-state index in [1.165, 1.54) is 6.42 Å². The predicted octanol–water partition coefficient (Wildman–Crippen LogP) is 1.66. The van der Waals surface area contributed by atoms with Gasteiger partial charge in [0.25, 0.3) is 0 Å². The summed E-state index contributed by atoms with van der Waals surface area (Å²) in [4.78, 5) is 7.24. The highest BCUT2D eigenvalue weighted by Crippen LogP contribution is 2.31. The van der Waals surface area contributed by atoms with Gasteiger partial charge in [0.1, 0.15) is 0 Å². The molecule has 0 saturated carbocycles. The Labute approximate surface area is 114 Å². The summed E-state index contributed by atoms with van der Waals surface area (Å²) in [7, 11) is 0. The van der Waals surface area contributed by atoms with Crippen LogP contribution in [0, 0.1) is 5.41 Å². The number of piperidine rings is 1. The van der Waals surface area contributed by atoms with Gasteiger partial charge in [0.05, 0.1) is 11.3 Å². The maximum atomic E-state index is 5.81. The van der Waals surface area contributed by atoms with Crippen LogP contribution in [0.15, 0.2) is 18.7 Å². The monoisotopic (exact) mass is 266 g/mol. The van der Waals surface area contributed by atoms with Crippen molar-refractivity contribution in [3.63, 3.8) is 0 Å². The van der Waals surface area contributed by atoms with E-state index in [9.17, 15) is 0 Å². The molecule has 1 aliphatic heterocycles. The molecule has 18 heavy (non-hydrogen) atoms. The summed E-state index contributed by atoms with van der Waals surface area (Å²) in [6.07, 6.45) is 9.07. The van der Waals surface area contributed by atoms with E-state index in [1.54, 1.807) is 0 Å². The van der Waals surface area contributed by atoms with Crippen LogP contribution in [0.2, 0.25) is 0 Å². The van der Waals surface area contributed by atoms with Gasteiger partial charge in [-0.25, -0.2) is 4.98 Å². The molecule has 4 nitrogen and oxygen atoms in total. The second-order valence-corrected chi connectivity index (χ2v) is 5.86. The highest BCUT2D eigenvalue weighted by Gasteiger charge is 2.32. The predicted molar refractivity (Wildman–Crippen MR) is 77.4 cm³/mol. The molecule has 0 radical (unpaired) electrons. The van der Waals surface area contributed by atoms with Gasteiger partial charge in [-0.2, -0.15) is 0 Å². The minimum Gasteiger partial charge on any atom is -0.393 e. The second kappa shape index (κ2) is 5.80. The Hall–Kier alpha value is -0.940. The fourth-order valence-corrected chi connectivity index (χ4v) is 2.62. The fraction of sp³-hybridized carbons (Fsp3) is 0.692. The maximum Gasteiger partial charge on any atom is 0.0945 e. The summed E-state index contributed by atoms with van der Waals surface area (Å²) in [5, 5.41) is 0. The molecular weight excluding hydrogens is 244 g/mol. The summed E-state index contributed by atoms with van der Waals surface area (Å²) in [6, 6.07) is 0. The normalized spacial score (nSPS) is 19.8. The SMILES string of the molecule is CC1(C(N)=S)CCN(CCCn2ccnc2)CC1. The largest absolute Gasteiger partial charge is 0.393 e. The number of hydrogen-bond acceptors (Lipinski definition) is 3. The number of aryl methyl sites for hydroxylation is 1. The van der Waals surface area contributed by atoms with Crippen molar-refractivity contribution in [1.29, 1.82) is 0 Å². The van der Waals surface area contributed by atoms with E-state index in [-0.39, 0.29) is 5.41 Å². The Balaban J connectivity index is 1.69. The first-order valence-electron chi connectivity index (χ1n) is 6.58. The molecule has 0 spiro atoms. The second-order valence-electron chi connectivity index (χ2n) is 5.42. The molecule has 0 atom stereocenters. The van der Waals surface area contributed by atoms with Crippen LogP contribution >= 0.6 is 12.2 Å². The Morgan fingerprint density at radius 1 is 1.39 bits per heavy atom. The molecule has 1 aromatic rings. The van der Waals surface area contributed by atoms with E-state index in [0.717, 1.165) is 39.0 Å². The number of nitrogens with zero attached hydrogens (tertiary/aromatic N) is 3. The van der Waals surface area contributed by atoms with Crippen molar-refractivity contribution in [1.82, 2.24) is 14.5 Å². The lowest BCUT2D eigenvalue weighted by Crippen LogP contribution is -2.44. The zero-order valence-electron chi connectivity index (χ0n) is 11.0. The molecule has 2 N–H and O–H groups in total. The van der Waals surface area contributed by atoms with Gasteiger partial charge in [-0.05, 0) is 38.9 Å². The number of hydrogen-bond donors (Lipinski definition) is 1. The molecule has 0 bridgehead atoms. The minimum atomic E-state index is 0.0795. The maximum absolute atomic E-state index is 5.81. The third-order valence-corrected chi connectivity index (χ3v) is 4.50. The van der Waals surface area contributed by atoms with Gasteiger partial charge in [0.2, 0.25) is 0 Å². The average molecular weight is 266 g/mol. The molecule has 0 aliphatic carbocycles. The summed E-state index contributed by atoms with van der Waals surface area (Å²) in [5.74, 6) is 0. The van der Waals surface area contributed by atoms with E-state index in [0.29, 0.717) is 4.99 Å². The van der Waals surface area contributed by atoms with Gasteiger partial charge in [-0.3, -0.25) is 0 Å². The van der Waals surface area contributed by atoms with Crippen molar-refractivity contribution in [3.05, 3.63) is 18.7 Å². The highest BCUT2D eigenvalue weighted by molar-refractivity contribution is 7.80. The van der Waals surface area contributed by atoms with Crippen LogP contribution in [-0.2, 0) is 6.54 Å². The van der Waals surface area contributed by atoms with E-state index in [4.69, 9.17) is 18.0 Å². The van der Waals surface area contributed by atoms with Gasteiger partial charge in [0.15, 0.2) is 0 Å². The van der Waals surface area contributed by atoms with Crippen molar-refractivity contribution in [3.8, 4) is 0 Å². The van der Waals surface area contributed by atoms with Crippen molar-refractivity contribution in [2.45, 2.75) is 32.7 Å². The number of rotatable bonds is 5. The van der Waals surface area contributed by atoms with Gasteiger partial charge >= 0.3 is 0 Å². The third kappa shape index (κ3) is 3.29. The topological polar surface area (TPSA) is 47.1 Å². The molecule has 1 aromatic heterocycles. The minimum absolute atomic E-state index is 0.0795. The van der Waals surface area contributed by atoms with Gasteiger partial charge in [-0.15, -0.1) is 0 Å². The average Bonchev–Trinajstić information content (AvgIpc) is 2.85. The van der Waals surface area contributed by atoms with Crippen LogP contribution in [-0.4, -0.2) is 39.1 Å². The Morgan fingerprint density at radius 2 is 2.11 bits per heavy atom. The van der Waals surface area contributed by atoms with E-state index in [1.807, 2.05) is 18.7 Å². The van der Waals surface area contributed by atoms with E-state index in [2.05, 4.69) is 21.4 Å². The van der Waals surface area contributed by atoms with Gasteiger partial charge in [0, 0.05) is 24.4 Å².